The van der Waals surface area contributed by atoms with E-state index in [1.165, 1.54) is 45.2 Å². The number of hydrogen-bond acceptors (Lipinski definition) is 34. The Morgan fingerprint density at radius 1 is 0.496 bits per heavy atom. The zero-order chi connectivity index (χ0) is 99.7. The van der Waals surface area contributed by atoms with Gasteiger partial charge in [-0.05, 0) is 113 Å². The van der Waals surface area contributed by atoms with E-state index in [0.29, 0.717) is 55.4 Å². The highest BCUT2D eigenvalue weighted by Gasteiger charge is 2.32. The van der Waals surface area contributed by atoms with Crippen molar-refractivity contribution in [2.45, 2.75) is 98.6 Å². The minimum Gasteiger partial charge on any atom is -0.478 e. The molecule has 0 bridgehead atoms. The van der Waals surface area contributed by atoms with Gasteiger partial charge >= 0.3 is 29.5 Å². The number of rotatable bonds is 5. The number of carbonyl (C=O) groups is 13. The van der Waals surface area contributed by atoms with E-state index in [1.54, 1.807) is 136 Å². The SMILES string of the molecule is C.CC(=O)OC(C)=O.CN.C[N+](=O)[O-].C[N+](=O)[O-].C[N+](=O)[O-].C[N+](=O)[O-].C[N+](=O)[O-].Cc1nc2ccccc2c(=O)o1.Cl.NC(=O)c1ccccc1C(=O)O.Nc1ccccc1C(=O)O.O.O.O=C1NC(=O)c2ccccc21.[2H]CF.[2H][C@]1(N)CCC(=O)NC1=O.[2H][C@]1(n2c(C)nc3ccccc3c2=O)CCC(=O)NC1=O.[2H][C@]1(n2c(C)nc3ccccc3c2=O)CCC(=O)NC1=O. The van der Waals surface area contributed by atoms with Crippen LogP contribution in [-0.2, 0) is 43.1 Å². The topological polar surface area (TPSA) is 815 Å². The van der Waals surface area contributed by atoms with Gasteiger partial charge in [0, 0.05) is 70.3 Å². The summed E-state index contributed by atoms with van der Waals surface area (Å²) in [4.78, 5) is 231. The highest BCUT2D eigenvalue weighted by atomic mass is 35.5. The number of carboxylic acid groups (broad SMARTS) is 2. The minimum atomic E-state index is -1.84. The van der Waals surface area contributed by atoms with Gasteiger partial charge in [0.25, 0.3) is 22.9 Å². The number of anilines is 1. The molecule has 129 heavy (non-hydrogen) atoms. The third-order valence-electron chi connectivity index (χ3n) is 14.0. The van der Waals surface area contributed by atoms with Crippen molar-refractivity contribution in [3.8, 4) is 0 Å². The van der Waals surface area contributed by atoms with Crippen molar-refractivity contribution in [1.29, 1.82) is 0 Å². The Morgan fingerprint density at radius 2 is 0.783 bits per heavy atom. The van der Waals surface area contributed by atoms with E-state index >= 15 is 0 Å². The second-order valence-corrected chi connectivity index (χ2v) is 23.4. The van der Waals surface area contributed by atoms with Crippen LogP contribution in [-0.4, -0.2) is 202 Å². The van der Waals surface area contributed by atoms with Crippen LogP contribution in [0.4, 0.5) is 10.1 Å². The molecule has 4 aliphatic rings. The molecule has 13 rings (SSSR count). The second-order valence-electron chi connectivity index (χ2n) is 23.4. The monoisotopic (exact) mass is 1840 g/mol. The smallest absolute Gasteiger partial charge is 0.346 e. The number of esters is 2. The molecule has 52 heteroatoms. The van der Waals surface area contributed by atoms with Crippen molar-refractivity contribution < 1.29 is 127 Å². The first-order valence-corrected chi connectivity index (χ1v) is 34.8. The van der Waals surface area contributed by atoms with Crippen molar-refractivity contribution in [3.63, 3.8) is 0 Å². The first-order chi connectivity index (χ1) is 60.0. The number of nitro groups is 5. The zero-order valence-corrected chi connectivity index (χ0v) is 70.5. The average molecular weight is 1850 g/mol. The van der Waals surface area contributed by atoms with E-state index in [0.717, 1.165) is 44.4 Å². The van der Waals surface area contributed by atoms with Gasteiger partial charge in [0.2, 0.25) is 41.4 Å². The maximum atomic E-state index is 12.6. The number of para-hydroxylation sites is 4. The molecule has 0 radical (unpaired) electrons. The number of ether oxygens (including phenoxy) is 1. The average Bonchev–Trinajstić information content (AvgIpc) is 1.29. The molecule has 0 aliphatic carbocycles. The fraction of sp³-hybridized carbons (Fsp3) is 0.286. The van der Waals surface area contributed by atoms with Crippen molar-refractivity contribution in [2.24, 2.45) is 17.2 Å². The molecule has 4 aliphatic heterocycles. The van der Waals surface area contributed by atoms with Crippen molar-refractivity contribution in [2.75, 3.05) is 55.2 Å². The number of benzene rings is 6. The normalized spacial score (nSPS) is 15.3. The van der Waals surface area contributed by atoms with Gasteiger partial charge in [-0.1, -0.05) is 80.2 Å². The molecular weight excluding hydrogens is 1740 g/mol. The first-order valence-electron chi connectivity index (χ1n) is 37.0. The summed E-state index contributed by atoms with van der Waals surface area (Å²) in [5, 5.41) is 70.8. The fourth-order valence-corrected chi connectivity index (χ4v) is 9.42. The molecule has 702 valence electrons. The Hall–Kier alpha value is -16.3. The van der Waals surface area contributed by atoms with E-state index in [1.807, 2.05) is 11.4 Å². The lowest BCUT2D eigenvalue weighted by atomic mass is 10.1. The summed E-state index contributed by atoms with van der Waals surface area (Å²) in [5.74, 6) is -7.13. The van der Waals surface area contributed by atoms with E-state index in [2.05, 4.69) is 41.4 Å². The summed E-state index contributed by atoms with van der Waals surface area (Å²) in [6.07, 6.45) is 0.224. The van der Waals surface area contributed by atoms with Crippen molar-refractivity contribution >= 4 is 128 Å². The number of nitrogens with two attached hydrogens (primary N) is 4. The third kappa shape index (κ3) is 47.2. The number of amides is 9. The number of carbonyl (C=O) groups excluding carboxylic acids is 11. The molecule has 6 aromatic carbocycles. The van der Waals surface area contributed by atoms with Gasteiger partial charge in [0.05, 0.1) is 79.2 Å². The van der Waals surface area contributed by atoms with Crippen molar-refractivity contribution in [3.05, 3.63) is 273 Å². The van der Waals surface area contributed by atoms with Crippen LogP contribution in [0.25, 0.3) is 32.7 Å². The Kier molecular flexibility index (Phi) is 57.4. The van der Waals surface area contributed by atoms with E-state index < -0.39 is 120 Å². The number of aromatic carboxylic acids is 2. The summed E-state index contributed by atoms with van der Waals surface area (Å²) in [6, 6.07) is 34.3. The molecule has 0 saturated carbocycles. The van der Waals surface area contributed by atoms with Crippen LogP contribution in [0.3, 0.4) is 0 Å². The number of hydrogen-bond donors (Lipinski definition) is 10. The van der Waals surface area contributed by atoms with Crippen LogP contribution in [0.1, 0.15) is 147 Å². The number of imide groups is 4. The molecule has 3 aromatic heterocycles. The fourth-order valence-electron chi connectivity index (χ4n) is 9.42. The number of primary amides is 1. The molecule has 9 amide bonds. The van der Waals surface area contributed by atoms with Gasteiger partial charge in [-0.3, -0.25) is 148 Å². The summed E-state index contributed by atoms with van der Waals surface area (Å²) in [6.45, 7) is 7.18. The van der Waals surface area contributed by atoms with Crippen LogP contribution in [0, 0.1) is 71.3 Å². The van der Waals surface area contributed by atoms with Gasteiger partial charge < -0.3 is 53.3 Å². The number of alkyl halides is 1. The van der Waals surface area contributed by atoms with Crippen LogP contribution >= 0.6 is 12.4 Å². The molecule has 7 heterocycles. The number of aryl methyl sites for hydroxylation is 3. The van der Waals surface area contributed by atoms with Crippen LogP contribution < -0.4 is 60.9 Å². The Balaban J connectivity index is -0.000000338. The molecular formula is C77H98ClFN18O32. The van der Waals surface area contributed by atoms with Crippen LogP contribution in [0.15, 0.2) is 164 Å². The predicted octanol–water partition coefficient (Wildman–Crippen LogP) is 2.76. The number of aromatic nitrogens is 5. The summed E-state index contributed by atoms with van der Waals surface area (Å²) >= 11 is 0. The highest BCUT2D eigenvalue weighted by molar-refractivity contribution is 6.21. The molecule has 3 saturated heterocycles. The molecule has 3 fully saturated rings. The van der Waals surface area contributed by atoms with Gasteiger partial charge in [0.15, 0.2) is 41.1 Å². The number of piperidine rings is 3. The number of nitrogen functional groups attached to an aromatic ring is 1. The van der Waals surface area contributed by atoms with Gasteiger partial charge in [-0.15, -0.1) is 12.4 Å². The van der Waals surface area contributed by atoms with Crippen LogP contribution in [0.2, 0.25) is 0 Å². The molecule has 9 aromatic rings. The minimum absolute atomic E-state index is 0. The Labute approximate surface area is 741 Å². The molecule has 3 atom stereocenters. The number of nitrogens with zero attached hydrogens (tertiary/aromatic N) is 10. The van der Waals surface area contributed by atoms with Gasteiger partial charge in [-0.2, -0.15) is 0 Å². The summed E-state index contributed by atoms with van der Waals surface area (Å²) in [7, 11) is 4.94. The lowest BCUT2D eigenvalue weighted by molar-refractivity contribution is -0.445. The lowest BCUT2D eigenvalue weighted by Gasteiger charge is -2.24. The predicted molar refractivity (Wildman–Crippen MR) is 463 cm³/mol. The van der Waals surface area contributed by atoms with E-state index in [4.69, 9.17) is 87.9 Å². The quantitative estimate of drug-likeness (QED) is 0.0296. The maximum absolute atomic E-state index is 12.6. The highest BCUT2D eigenvalue weighted by Crippen LogP contribution is 2.22. The Bertz CT molecular complexity index is 5490. The van der Waals surface area contributed by atoms with Crippen LogP contribution in [0.5, 0.6) is 0 Å². The standard InChI is InChI=1S/2C14H13N3O3.C9H7NO2.C8H7NO3.C8H5NO2.C7H7NO2.C5H8N2O2.C4H6O3.CH3F.5CH3NO2.CH5N.CH4.ClH.2H2O/c2*1-8-15-10-5-3-2-4-9(10)14(20)17(8)11-6-7-12(18)16-13(11)19;1-6-10-8-5-3-2-4-7(8)9(11)12-6;9-7(10)5-3-1-2-4-6(5)8(11)12;10-7-5-3-1-2-4-6(5)8(11)9-7;8-6-4-2-1-3-5(6)7(9)10;6-3-1-2-4(8)7-5(3)9;1-3(5)7-4(2)6;1-2;5*1-2(3)4;1-2;;;;/h2*2-5,11H,6-7H2,1H3,(H,16,18,19);2-5H,1H3;1-4H,(H2,9,10)(H,11,12);1-4H,(H,9,10,11);1-4H,8H2,(H,9,10);3H,1-2,6H2,(H,7,8,9);1-2H3;1H3;5*1H3;2H2,1H3;1H4;1H;2*1H2/t2*11-;;;;;3-;;;;;;;;;;;;/m00....0............/s1/i2*11D;;;;;3D;;1D;;;;;;;;;;. The summed E-state index contributed by atoms with van der Waals surface area (Å²) < 4.78 is 50.3. The number of fused-ring (bicyclic) bond motifs is 4. The summed E-state index contributed by atoms with van der Waals surface area (Å²) in [5.41, 5.74) is 21.9. The largest absolute Gasteiger partial charge is 0.478 e. The molecule has 18 N–H and O–H groups in total. The Morgan fingerprint density at radius 3 is 1.07 bits per heavy atom. The number of nitrogens with one attached hydrogen (secondary N) is 4. The molecule has 0 spiro atoms. The third-order valence-corrected chi connectivity index (χ3v) is 14.0. The van der Waals surface area contributed by atoms with Gasteiger partial charge in [-0.25, -0.2) is 29.3 Å². The molecule has 0 unspecified atom stereocenters. The van der Waals surface area contributed by atoms with Gasteiger partial charge in [0.1, 0.15) is 23.7 Å². The second kappa shape index (κ2) is 64.5. The number of carboxylic acids is 2. The molecule has 50 nitrogen and oxygen atoms in total. The van der Waals surface area contributed by atoms with Crippen molar-refractivity contribution in [1.82, 2.24) is 45.4 Å². The zero-order valence-electron chi connectivity index (χ0n) is 73.7. The van der Waals surface area contributed by atoms with E-state index in [9.17, 15) is 81.1 Å². The lowest BCUT2D eigenvalue weighted by Crippen LogP contribution is -2.48. The first kappa shape index (κ1) is 115. The van der Waals surface area contributed by atoms with E-state index in [-0.39, 0.29) is 121 Å². The number of halogens is 2. The maximum Gasteiger partial charge on any atom is 0.346 e.